The lowest BCUT2D eigenvalue weighted by molar-refractivity contribution is 0.385. The molecule has 0 aliphatic heterocycles. The Balaban J connectivity index is 1.74. The molecule has 0 atom stereocenters. The molecule has 0 aliphatic rings. The van der Waals surface area contributed by atoms with Crippen molar-refractivity contribution in [2.45, 2.75) is 33.5 Å². The molecule has 20 heavy (non-hydrogen) atoms. The van der Waals surface area contributed by atoms with Crippen LogP contribution < -0.4 is 5.32 Å². The summed E-state index contributed by atoms with van der Waals surface area (Å²) in [5.74, 6) is 1.25. The number of rotatable bonds is 5. The lowest BCUT2D eigenvalue weighted by Gasteiger charge is -1.99. The Bertz CT molecular complexity index is 715. The van der Waals surface area contributed by atoms with Crippen molar-refractivity contribution in [1.29, 1.82) is 0 Å². The van der Waals surface area contributed by atoms with E-state index >= 15 is 0 Å². The molecule has 1 N–H and O–H groups in total. The average Bonchev–Trinajstić information content (AvgIpc) is 3.03. The monoisotopic (exact) mass is 271 g/mol. The Kier molecular flexibility index (Phi) is 3.47. The normalized spacial score (nSPS) is 11.3. The number of benzene rings is 1. The van der Waals surface area contributed by atoms with Crippen LogP contribution in [0.5, 0.6) is 0 Å². The van der Waals surface area contributed by atoms with Gasteiger partial charge in [-0.05, 0) is 13.0 Å². The molecule has 3 aromatic rings. The number of para-hydroxylation sites is 1. The van der Waals surface area contributed by atoms with E-state index < -0.39 is 0 Å². The summed E-state index contributed by atoms with van der Waals surface area (Å²) < 4.78 is 6.96. The van der Waals surface area contributed by atoms with Gasteiger partial charge in [-0.15, -0.1) is 0 Å². The third-order valence-electron chi connectivity index (χ3n) is 3.18. The molecule has 104 valence electrons. The Morgan fingerprint density at radius 2 is 2.10 bits per heavy atom. The number of nitrogens with zero attached hydrogens (tertiary/aromatic N) is 4. The van der Waals surface area contributed by atoms with Crippen molar-refractivity contribution < 1.29 is 4.52 Å². The van der Waals surface area contributed by atoms with Gasteiger partial charge in [0.15, 0.2) is 5.82 Å². The number of fused-ring (bicyclic) bond motifs is 1. The maximum atomic E-state index is 4.94. The van der Waals surface area contributed by atoms with Gasteiger partial charge in [-0.3, -0.25) is 4.68 Å². The molecule has 1 aromatic carbocycles. The topological polar surface area (TPSA) is 68.8 Å². The lowest BCUT2D eigenvalue weighted by atomic mass is 10.2. The lowest BCUT2D eigenvalue weighted by Crippen LogP contribution is -2.14. The van der Waals surface area contributed by atoms with Crippen molar-refractivity contribution in [3.63, 3.8) is 0 Å². The highest BCUT2D eigenvalue weighted by molar-refractivity contribution is 5.81. The van der Waals surface area contributed by atoms with E-state index in [1.165, 1.54) is 10.9 Å². The van der Waals surface area contributed by atoms with Gasteiger partial charge in [-0.25, -0.2) is 0 Å². The van der Waals surface area contributed by atoms with E-state index in [4.69, 9.17) is 4.52 Å². The van der Waals surface area contributed by atoms with Crippen LogP contribution in [-0.4, -0.2) is 19.9 Å². The van der Waals surface area contributed by atoms with Crippen LogP contribution in [0.3, 0.4) is 0 Å². The molecular formula is C14H17N5O. The first kappa shape index (κ1) is 12.8. The third kappa shape index (κ3) is 2.42. The molecule has 0 bridgehead atoms. The summed E-state index contributed by atoms with van der Waals surface area (Å²) in [5, 5.41) is 13.0. The summed E-state index contributed by atoms with van der Waals surface area (Å²) in [7, 11) is 0. The first-order valence-electron chi connectivity index (χ1n) is 6.72. The van der Waals surface area contributed by atoms with Crippen molar-refractivity contribution in [2.75, 3.05) is 0 Å². The highest BCUT2D eigenvalue weighted by Gasteiger charge is 2.09. The molecule has 6 nitrogen and oxygen atoms in total. The minimum Gasteiger partial charge on any atom is -0.340 e. The zero-order valence-corrected chi connectivity index (χ0v) is 11.6. The van der Waals surface area contributed by atoms with Gasteiger partial charge in [0, 0.05) is 25.4 Å². The number of hydrogen-bond acceptors (Lipinski definition) is 5. The molecule has 3 rings (SSSR count). The second-order valence-electron chi connectivity index (χ2n) is 4.61. The molecule has 0 amide bonds. The van der Waals surface area contributed by atoms with Gasteiger partial charge in [0.05, 0.1) is 17.8 Å². The molecule has 0 saturated carbocycles. The molecule has 0 radical (unpaired) electrons. The van der Waals surface area contributed by atoms with E-state index in [-0.39, 0.29) is 0 Å². The number of aryl methyl sites for hydroxylation is 2. The Morgan fingerprint density at radius 3 is 2.85 bits per heavy atom. The first-order valence-corrected chi connectivity index (χ1v) is 6.72. The molecule has 0 aliphatic carbocycles. The summed E-state index contributed by atoms with van der Waals surface area (Å²) in [6, 6.07) is 8.27. The predicted octanol–water partition coefficient (Wildman–Crippen LogP) is 2.04. The number of nitrogens with one attached hydrogen (secondary N) is 1. The quantitative estimate of drug-likeness (QED) is 0.769. The maximum absolute atomic E-state index is 4.94. The van der Waals surface area contributed by atoms with Gasteiger partial charge >= 0.3 is 0 Å². The SMILES string of the molecule is CCn1nc(CNCc2noc(C)n2)c2ccccc21. The van der Waals surface area contributed by atoms with Crippen LogP contribution in [0.1, 0.15) is 24.3 Å². The fraction of sp³-hybridized carbons (Fsp3) is 0.357. The van der Waals surface area contributed by atoms with E-state index in [1.54, 1.807) is 6.92 Å². The molecule has 0 fully saturated rings. The fourth-order valence-electron chi connectivity index (χ4n) is 2.27. The molecular weight excluding hydrogens is 254 g/mol. The minimum atomic E-state index is 0.574. The smallest absolute Gasteiger partial charge is 0.223 e. The molecule has 2 aromatic heterocycles. The minimum absolute atomic E-state index is 0.574. The van der Waals surface area contributed by atoms with E-state index in [1.807, 2.05) is 16.8 Å². The van der Waals surface area contributed by atoms with Crippen molar-refractivity contribution in [2.24, 2.45) is 0 Å². The second-order valence-corrected chi connectivity index (χ2v) is 4.61. The molecule has 2 heterocycles. The highest BCUT2D eigenvalue weighted by Crippen LogP contribution is 2.18. The first-order chi connectivity index (χ1) is 9.78. The average molecular weight is 271 g/mol. The van der Waals surface area contributed by atoms with Crippen molar-refractivity contribution in [3.05, 3.63) is 41.7 Å². The van der Waals surface area contributed by atoms with Gasteiger partial charge in [0.1, 0.15) is 0 Å². The molecule has 6 heteroatoms. The Hall–Kier alpha value is -2.21. The van der Waals surface area contributed by atoms with Crippen LogP contribution in [0, 0.1) is 6.92 Å². The summed E-state index contributed by atoms with van der Waals surface area (Å²) in [4.78, 5) is 4.16. The van der Waals surface area contributed by atoms with E-state index in [0.29, 0.717) is 24.8 Å². The fourth-order valence-corrected chi connectivity index (χ4v) is 2.27. The van der Waals surface area contributed by atoms with E-state index in [0.717, 1.165) is 12.2 Å². The Labute approximate surface area is 116 Å². The van der Waals surface area contributed by atoms with Gasteiger partial charge in [0.25, 0.3) is 0 Å². The summed E-state index contributed by atoms with van der Waals surface area (Å²) in [5.41, 5.74) is 2.21. The van der Waals surface area contributed by atoms with Crippen LogP contribution >= 0.6 is 0 Å². The predicted molar refractivity (Wildman–Crippen MR) is 75.0 cm³/mol. The van der Waals surface area contributed by atoms with Gasteiger partial charge < -0.3 is 9.84 Å². The van der Waals surface area contributed by atoms with Crippen LogP contribution in [0.4, 0.5) is 0 Å². The zero-order chi connectivity index (χ0) is 13.9. The maximum Gasteiger partial charge on any atom is 0.223 e. The van der Waals surface area contributed by atoms with Gasteiger partial charge in [-0.2, -0.15) is 10.1 Å². The van der Waals surface area contributed by atoms with Crippen LogP contribution in [0.2, 0.25) is 0 Å². The zero-order valence-electron chi connectivity index (χ0n) is 11.6. The van der Waals surface area contributed by atoms with Crippen molar-refractivity contribution in [1.82, 2.24) is 25.2 Å². The molecule has 0 unspecified atom stereocenters. The van der Waals surface area contributed by atoms with Gasteiger partial charge in [-0.1, -0.05) is 23.4 Å². The Morgan fingerprint density at radius 1 is 1.25 bits per heavy atom. The summed E-state index contributed by atoms with van der Waals surface area (Å²) >= 11 is 0. The van der Waals surface area contributed by atoms with Crippen molar-refractivity contribution >= 4 is 10.9 Å². The van der Waals surface area contributed by atoms with Gasteiger partial charge in [0.2, 0.25) is 5.89 Å². The summed E-state index contributed by atoms with van der Waals surface area (Å²) in [6.45, 7) is 6.00. The molecule has 0 spiro atoms. The van der Waals surface area contributed by atoms with Crippen LogP contribution in [0.25, 0.3) is 10.9 Å². The molecule has 0 saturated heterocycles. The van der Waals surface area contributed by atoms with Crippen molar-refractivity contribution in [3.8, 4) is 0 Å². The van der Waals surface area contributed by atoms with E-state index in [9.17, 15) is 0 Å². The number of hydrogen-bond donors (Lipinski definition) is 1. The largest absolute Gasteiger partial charge is 0.340 e. The second kappa shape index (κ2) is 5.42. The van der Waals surface area contributed by atoms with Crippen LogP contribution in [-0.2, 0) is 19.6 Å². The highest BCUT2D eigenvalue weighted by atomic mass is 16.5. The number of aromatic nitrogens is 4. The van der Waals surface area contributed by atoms with Crippen LogP contribution in [0.15, 0.2) is 28.8 Å². The van der Waals surface area contributed by atoms with E-state index in [2.05, 4.69) is 39.6 Å². The third-order valence-corrected chi connectivity index (χ3v) is 3.18. The summed E-state index contributed by atoms with van der Waals surface area (Å²) in [6.07, 6.45) is 0. The standard InChI is InChI=1S/C14H17N5O/c1-3-19-13-7-5-4-6-11(13)12(17-19)8-15-9-14-16-10(2)20-18-14/h4-7,15H,3,8-9H2,1-2H3.